The summed E-state index contributed by atoms with van der Waals surface area (Å²) in [5.74, 6) is 0.0757. The fourth-order valence-corrected chi connectivity index (χ4v) is 3.75. The molecule has 1 aliphatic heterocycles. The van der Waals surface area contributed by atoms with Crippen LogP contribution in [0.4, 0.5) is 11.4 Å². The molecule has 1 amide bonds. The molecule has 0 aromatic heterocycles. The number of likely N-dealkylation sites (N-methyl/N-ethyl adjacent to an activating group) is 1. The van der Waals surface area contributed by atoms with E-state index in [0.29, 0.717) is 6.42 Å². The SMILES string of the molecule is CN1CCN(c2ccc(NC(=O)CCNCCC3=CCCCC3)cc2)CC1. The van der Waals surface area contributed by atoms with E-state index in [1.165, 1.54) is 31.4 Å². The third kappa shape index (κ3) is 6.67. The zero-order valence-electron chi connectivity index (χ0n) is 16.7. The predicted molar refractivity (Wildman–Crippen MR) is 113 cm³/mol. The Bertz CT molecular complexity index is 618. The van der Waals surface area contributed by atoms with Crippen LogP contribution in [0, 0.1) is 0 Å². The molecule has 1 fully saturated rings. The van der Waals surface area contributed by atoms with Crippen LogP contribution in [0.5, 0.6) is 0 Å². The van der Waals surface area contributed by atoms with Gasteiger partial charge >= 0.3 is 0 Å². The molecule has 0 unspecified atom stereocenters. The Morgan fingerprint density at radius 2 is 1.81 bits per heavy atom. The molecule has 1 aliphatic carbocycles. The van der Waals surface area contributed by atoms with Gasteiger partial charge in [-0.05, 0) is 70.0 Å². The lowest BCUT2D eigenvalue weighted by Gasteiger charge is -2.34. The van der Waals surface area contributed by atoms with Crippen molar-refractivity contribution >= 4 is 17.3 Å². The minimum absolute atomic E-state index is 0.0757. The van der Waals surface area contributed by atoms with E-state index >= 15 is 0 Å². The van der Waals surface area contributed by atoms with Gasteiger partial charge in [0.25, 0.3) is 0 Å². The van der Waals surface area contributed by atoms with Crippen LogP contribution in [0.15, 0.2) is 35.9 Å². The Hall–Kier alpha value is -1.85. The highest BCUT2D eigenvalue weighted by Gasteiger charge is 2.14. The van der Waals surface area contributed by atoms with Gasteiger partial charge < -0.3 is 20.4 Å². The van der Waals surface area contributed by atoms with Crippen molar-refractivity contribution in [2.24, 2.45) is 0 Å². The summed E-state index contributed by atoms with van der Waals surface area (Å²) in [6.07, 6.45) is 9.20. The summed E-state index contributed by atoms with van der Waals surface area (Å²) in [7, 11) is 2.16. The first-order valence-electron chi connectivity index (χ1n) is 10.4. The van der Waals surface area contributed by atoms with Crippen molar-refractivity contribution < 1.29 is 4.79 Å². The van der Waals surface area contributed by atoms with Crippen molar-refractivity contribution in [3.05, 3.63) is 35.9 Å². The summed E-state index contributed by atoms with van der Waals surface area (Å²) in [4.78, 5) is 16.9. The molecule has 1 saturated heterocycles. The molecule has 2 N–H and O–H groups in total. The fraction of sp³-hybridized carbons (Fsp3) is 0.591. The molecule has 2 aliphatic rings. The summed E-state index contributed by atoms with van der Waals surface area (Å²) < 4.78 is 0. The third-order valence-corrected chi connectivity index (χ3v) is 5.56. The van der Waals surface area contributed by atoms with Gasteiger partial charge in [0.2, 0.25) is 5.91 Å². The Kier molecular flexibility index (Phi) is 7.72. The monoisotopic (exact) mass is 370 g/mol. The van der Waals surface area contributed by atoms with Gasteiger partial charge in [-0.3, -0.25) is 4.79 Å². The fourth-order valence-electron chi connectivity index (χ4n) is 3.75. The largest absolute Gasteiger partial charge is 0.369 e. The number of anilines is 2. The van der Waals surface area contributed by atoms with E-state index in [-0.39, 0.29) is 5.91 Å². The van der Waals surface area contributed by atoms with Gasteiger partial charge in [-0.25, -0.2) is 0 Å². The van der Waals surface area contributed by atoms with Crippen LogP contribution >= 0.6 is 0 Å². The molecule has 0 atom stereocenters. The molecular formula is C22H34N4O. The van der Waals surface area contributed by atoms with Crippen molar-refractivity contribution in [1.82, 2.24) is 10.2 Å². The molecule has 0 radical (unpaired) electrons. The number of hydrogen-bond donors (Lipinski definition) is 2. The van der Waals surface area contributed by atoms with E-state index < -0.39 is 0 Å². The number of rotatable bonds is 8. The Labute approximate surface area is 163 Å². The number of benzene rings is 1. The van der Waals surface area contributed by atoms with Crippen LogP contribution in [0.3, 0.4) is 0 Å². The van der Waals surface area contributed by atoms with Gasteiger partial charge in [-0.1, -0.05) is 11.6 Å². The number of amides is 1. The molecule has 0 saturated carbocycles. The van der Waals surface area contributed by atoms with Crippen LogP contribution in [0.2, 0.25) is 0 Å². The van der Waals surface area contributed by atoms with Gasteiger partial charge in [-0.2, -0.15) is 0 Å². The predicted octanol–water partition coefficient (Wildman–Crippen LogP) is 3.25. The third-order valence-electron chi connectivity index (χ3n) is 5.56. The van der Waals surface area contributed by atoms with Crippen molar-refractivity contribution in [1.29, 1.82) is 0 Å². The molecule has 5 nitrogen and oxygen atoms in total. The summed E-state index contributed by atoms with van der Waals surface area (Å²) >= 11 is 0. The normalized spacial score (nSPS) is 18.3. The highest BCUT2D eigenvalue weighted by atomic mass is 16.1. The smallest absolute Gasteiger partial charge is 0.225 e. The molecule has 148 valence electrons. The molecule has 1 heterocycles. The van der Waals surface area contributed by atoms with Crippen LogP contribution in [0.1, 0.15) is 38.5 Å². The number of piperazine rings is 1. The van der Waals surface area contributed by atoms with Crippen LogP contribution < -0.4 is 15.5 Å². The first kappa shape index (κ1) is 19.9. The zero-order chi connectivity index (χ0) is 18.9. The quantitative estimate of drug-likeness (QED) is 0.545. The molecule has 5 heteroatoms. The molecule has 0 spiro atoms. The van der Waals surface area contributed by atoms with E-state index in [1.54, 1.807) is 5.57 Å². The van der Waals surface area contributed by atoms with Crippen LogP contribution in [-0.4, -0.2) is 57.1 Å². The first-order valence-corrected chi connectivity index (χ1v) is 10.4. The molecule has 1 aromatic carbocycles. The average Bonchev–Trinajstić information content (AvgIpc) is 2.70. The summed E-state index contributed by atoms with van der Waals surface area (Å²) in [6.45, 7) is 6.03. The Balaban J connectivity index is 1.32. The zero-order valence-corrected chi connectivity index (χ0v) is 16.7. The minimum atomic E-state index is 0.0757. The Morgan fingerprint density at radius 1 is 1.04 bits per heavy atom. The number of nitrogens with one attached hydrogen (secondary N) is 2. The van der Waals surface area contributed by atoms with Gasteiger partial charge in [0, 0.05) is 50.5 Å². The second-order valence-electron chi connectivity index (χ2n) is 7.74. The molecule has 3 rings (SSSR count). The number of carbonyl (C=O) groups excluding carboxylic acids is 1. The maximum atomic E-state index is 12.1. The molecular weight excluding hydrogens is 336 g/mol. The first-order chi connectivity index (χ1) is 13.2. The number of nitrogens with zero attached hydrogens (tertiary/aromatic N) is 2. The number of allylic oxidation sites excluding steroid dienone is 1. The average molecular weight is 371 g/mol. The van der Waals surface area contributed by atoms with Crippen LogP contribution in [-0.2, 0) is 4.79 Å². The molecule has 0 bridgehead atoms. The van der Waals surface area contributed by atoms with Gasteiger partial charge in [-0.15, -0.1) is 0 Å². The number of carbonyl (C=O) groups is 1. The highest BCUT2D eigenvalue weighted by molar-refractivity contribution is 5.91. The summed E-state index contributed by atoms with van der Waals surface area (Å²) in [5.41, 5.74) is 3.70. The minimum Gasteiger partial charge on any atom is -0.369 e. The van der Waals surface area contributed by atoms with Crippen molar-refractivity contribution in [2.75, 3.05) is 56.5 Å². The van der Waals surface area contributed by atoms with Crippen molar-refractivity contribution in [3.8, 4) is 0 Å². The van der Waals surface area contributed by atoms with Gasteiger partial charge in [0.1, 0.15) is 0 Å². The topological polar surface area (TPSA) is 47.6 Å². The second-order valence-corrected chi connectivity index (χ2v) is 7.74. The van der Waals surface area contributed by atoms with Crippen molar-refractivity contribution in [2.45, 2.75) is 38.5 Å². The number of hydrogen-bond acceptors (Lipinski definition) is 4. The van der Waals surface area contributed by atoms with E-state index in [9.17, 15) is 4.79 Å². The Morgan fingerprint density at radius 3 is 2.52 bits per heavy atom. The van der Waals surface area contributed by atoms with E-state index in [0.717, 1.165) is 51.4 Å². The maximum Gasteiger partial charge on any atom is 0.225 e. The van der Waals surface area contributed by atoms with Gasteiger partial charge in [0.05, 0.1) is 0 Å². The second kappa shape index (κ2) is 10.5. The maximum absolute atomic E-state index is 12.1. The van der Waals surface area contributed by atoms with E-state index in [1.807, 2.05) is 12.1 Å². The molecule has 27 heavy (non-hydrogen) atoms. The van der Waals surface area contributed by atoms with Gasteiger partial charge in [0.15, 0.2) is 0 Å². The van der Waals surface area contributed by atoms with E-state index in [2.05, 4.69) is 45.7 Å². The standard InChI is InChI=1S/C22H34N4O/c1-25-15-17-26(18-16-25)21-9-7-20(8-10-21)24-22(27)12-14-23-13-11-19-5-3-2-4-6-19/h5,7-10,23H,2-4,6,11-18H2,1H3,(H,24,27). The highest BCUT2D eigenvalue weighted by Crippen LogP contribution is 2.20. The lowest BCUT2D eigenvalue weighted by Crippen LogP contribution is -2.44. The van der Waals surface area contributed by atoms with Crippen LogP contribution in [0.25, 0.3) is 0 Å². The lowest BCUT2D eigenvalue weighted by molar-refractivity contribution is -0.116. The van der Waals surface area contributed by atoms with E-state index in [4.69, 9.17) is 0 Å². The summed E-state index contributed by atoms with van der Waals surface area (Å²) in [6, 6.07) is 8.23. The lowest BCUT2D eigenvalue weighted by atomic mass is 9.97. The summed E-state index contributed by atoms with van der Waals surface area (Å²) in [5, 5.41) is 6.40. The van der Waals surface area contributed by atoms with Crippen molar-refractivity contribution in [3.63, 3.8) is 0 Å². The molecule has 1 aromatic rings.